The Labute approximate surface area is 49.7 Å². The Morgan fingerprint density at radius 3 is 2.50 bits per heavy atom. The van der Waals surface area contributed by atoms with Crippen LogP contribution in [0.25, 0.3) is 0 Å². The van der Waals surface area contributed by atoms with Crippen LogP contribution in [0.1, 0.15) is 0 Å². The molecule has 1 N–H and O–H groups in total. The molecule has 0 aromatic carbocycles. The molecular weight excluding hydrogens is 193 g/mol. The fourth-order valence-electron chi connectivity index (χ4n) is 0.0408. The van der Waals surface area contributed by atoms with Crippen LogP contribution >= 0.6 is 22.6 Å². The molecule has 0 spiro atoms. The number of allylic oxidation sites excluding steroid dienone is 1. The zero-order valence-corrected chi connectivity index (χ0v) is 5.21. The molecular formula is C3H4INO. The molecule has 3 heteroatoms. The number of halogens is 1. The Hall–Kier alpha value is -0.0600. The van der Waals surface area contributed by atoms with E-state index in [1.54, 1.807) is 0 Å². The summed E-state index contributed by atoms with van der Waals surface area (Å²) in [6.45, 7) is 3.33. The highest BCUT2D eigenvalue weighted by molar-refractivity contribution is 14.1. The van der Waals surface area contributed by atoms with Gasteiger partial charge in [-0.15, -0.1) is 0 Å². The van der Waals surface area contributed by atoms with Crippen molar-refractivity contribution in [2.75, 3.05) is 0 Å². The van der Waals surface area contributed by atoms with Gasteiger partial charge in [-0.05, 0) is 28.7 Å². The molecule has 0 rings (SSSR count). The summed E-state index contributed by atoms with van der Waals surface area (Å²) in [7, 11) is 0. The van der Waals surface area contributed by atoms with Crippen LogP contribution in [0, 0.1) is 0 Å². The maximum absolute atomic E-state index is 7.84. The third-order valence-electron chi connectivity index (χ3n) is 0.264. The van der Waals surface area contributed by atoms with Crippen LogP contribution in [0.5, 0.6) is 0 Å². The van der Waals surface area contributed by atoms with E-state index < -0.39 is 0 Å². The molecule has 0 fully saturated rings. The first-order valence-corrected chi connectivity index (χ1v) is 2.39. The molecule has 0 heterocycles. The average Bonchev–Trinajstić information content (AvgIpc) is 1.65. The molecule has 0 aliphatic rings. The summed E-state index contributed by atoms with van der Waals surface area (Å²) in [5.74, 6) is 0. The molecule has 2 nitrogen and oxygen atoms in total. The van der Waals surface area contributed by atoms with Crippen molar-refractivity contribution in [3.05, 3.63) is 12.7 Å². The smallest absolute Gasteiger partial charge is 0.139 e. The SMILES string of the molecule is C=C/C(I)=N\O. The molecule has 0 aliphatic heterocycles. The second-order valence-corrected chi connectivity index (χ2v) is 1.73. The van der Waals surface area contributed by atoms with Gasteiger partial charge in [0, 0.05) is 0 Å². The summed E-state index contributed by atoms with van der Waals surface area (Å²) in [4.78, 5) is 0. The molecule has 0 unspecified atom stereocenters. The summed E-state index contributed by atoms with van der Waals surface area (Å²) < 4.78 is 0.507. The largest absolute Gasteiger partial charge is 0.410 e. The lowest BCUT2D eigenvalue weighted by atomic mass is 10.7. The van der Waals surface area contributed by atoms with E-state index in [4.69, 9.17) is 5.21 Å². The van der Waals surface area contributed by atoms with Gasteiger partial charge in [-0.3, -0.25) is 0 Å². The first-order valence-electron chi connectivity index (χ1n) is 1.31. The van der Waals surface area contributed by atoms with E-state index in [0.717, 1.165) is 0 Å². The van der Waals surface area contributed by atoms with Gasteiger partial charge >= 0.3 is 0 Å². The predicted octanol–water partition coefficient (Wildman–Crippen LogP) is 1.40. The van der Waals surface area contributed by atoms with Crippen LogP contribution in [-0.4, -0.2) is 8.93 Å². The normalized spacial score (nSPS) is 11.2. The Balaban J connectivity index is 3.50. The molecule has 0 aliphatic carbocycles. The molecule has 0 bridgehead atoms. The topological polar surface area (TPSA) is 32.6 Å². The van der Waals surface area contributed by atoms with E-state index in [9.17, 15) is 0 Å². The predicted molar refractivity (Wildman–Crippen MR) is 33.4 cm³/mol. The highest BCUT2D eigenvalue weighted by atomic mass is 127. The van der Waals surface area contributed by atoms with E-state index in [1.807, 2.05) is 22.6 Å². The van der Waals surface area contributed by atoms with Gasteiger partial charge < -0.3 is 5.21 Å². The van der Waals surface area contributed by atoms with E-state index in [-0.39, 0.29) is 0 Å². The zero-order valence-electron chi connectivity index (χ0n) is 3.06. The van der Waals surface area contributed by atoms with Gasteiger partial charge in [0.1, 0.15) is 3.72 Å². The summed E-state index contributed by atoms with van der Waals surface area (Å²) in [5.41, 5.74) is 0. The van der Waals surface area contributed by atoms with Crippen LogP contribution in [0.15, 0.2) is 17.8 Å². The molecule has 0 aromatic heterocycles. The third kappa shape index (κ3) is 2.19. The van der Waals surface area contributed by atoms with Gasteiger partial charge in [-0.1, -0.05) is 11.7 Å². The van der Waals surface area contributed by atoms with Gasteiger partial charge in [0.2, 0.25) is 0 Å². The number of hydrogen-bond donors (Lipinski definition) is 1. The van der Waals surface area contributed by atoms with Crippen molar-refractivity contribution in [3.63, 3.8) is 0 Å². The summed E-state index contributed by atoms with van der Waals surface area (Å²) in [6, 6.07) is 0. The van der Waals surface area contributed by atoms with E-state index in [0.29, 0.717) is 3.72 Å². The Morgan fingerprint density at radius 1 is 2.00 bits per heavy atom. The number of nitrogens with zero attached hydrogens (tertiary/aromatic N) is 1. The molecule has 0 radical (unpaired) electrons. The van der Waals surface area contributed by atoms with Crippen molar-refractivity contribution in [3.8, 4) is 0 Å². The van der Waals surface area contributed by atoms with Crippen molar-refractivity contribution in [2.45, 2.75) is 0 Å². The van der Waals surface area contributed by atoms with Crippen LogP contribution in [0.3, 0.4) is 0 Å². The van der Waals surface area contributed by atoms with E-state index in [1.165, 1.54) is 6.08 Å². The molecule has 0 amide bonds. The minimum absolute atomic E-state index is 0.507. The standard InChI is InChI=1S/C3H4INO/c1-2-3(4)5-6/h2,6H,1H2/b5-3+. The van der Waals surface area contributed by atoms with E-state index in [2.05, 4.69) is 11.7 Å². The Kier molecular flexibility index (Phi) is 3.11. The average molecular weight is 197 g/mol. The second kappa shape index (κ2) is 3.14. The minimum atomic E-state index is 0.507. The van der Waals surface area contributed by atoms with Crippen LogP contribution in [0.2, 0.25) is 0 Å². The molecule has 0 atom stereocenters. The zero-order chi connectivity index (χ0) is 4.99. The lowest BCUT2D eigenvalue weighted by Crippen LogP contribution is -1.71. The summed E-state index contributed by atoms with van der Waals surface area (Å²) in [5, 5.41) is 10.6. The van der Waals surface area contributed by atoms with Crippen molar-refractivity contribution >= 4 is 26.3 Å². The first-order chi connectivity index (χ1) is 2.81. The number of oxime groups is 1. The van der Waals surface area contributed by atoms with Gasteiger partial charge in [-0.25, -0.2) is 0 Å². The fourth-order valence-corrected chi connectivity index (χ4v) is 0.0408. The number of hydrogen-bond acceptors (Lipinski definition) is 2. The van der Waals surface area contributed by atoms with Crippen molar-refractivity contribution in [1.29, 1.82) is 0 Å². The highest BCUT2D eigenvalue weighted by Gasteiger charge is 1.74. The lowest BCUT2D eigenvalue weighted by Gasteiger charge is -1.73. The van der Waals surface area contributed by atoms with Gasteiger partial charge in [0.05, 0.1) is 0 Å². The summed E-state index contributed by atoms with van der Waals surface area (Å²) >= 11 is 1.85. The first kappa shape index (κ1) is 5.94. The van der Waals surface area contributed by atoms with Crippen molar-refractivity contribution < 1.29 is 5.21 Å². The lowest BCUT2D eigenvalue weighted by molar-refractivity contribution is 0.321. The van der Waals surface area contributed by atoms with Crippen LogP contribution < -0.4 is 0 Å². The Morgan fingerprint density at radius 2 is 2.50 bits per heavy atom. The quantitative estimate of drug-likeness (QED) is 0.293. The Bertz CT molecular complexity index is 78.9. The van der Waals surface area contributed by atoms with Gasteiger partial charge in [0.15, 0.2) is 0 Å². The summed E-state index contributed by atoms with van der Waals surface area (Å²) in [6.07, 6.45) is 1.46. The third-order valence-corrected chi connectivity index (χ3v) is 0.920. The molecule has 0 aromatic rings. The fraction of sp³-hybridized carbons (Fsp3) is 0. The second-order valence-electron chi connectivity index (χ2n) is 0.627. The monoisotopic (exact) mass is 197 g/mol. The maximum atomic E-state index is 7.84. The van der Waals surface area contributed by atoms with E-state index >= 15 is 0 Å². The maximum Gasteiger partial charge on any atom is 0.139 e. The minimum Gasteiger partial charge on any atom is -0.410 e. The highest BCUT2D eigenvalue weighted by Crippen LogP contribution is 1.87. The molecule has 6 heavy (non-hydrogen) atoms. The van der Waals surface area contributed by atoms with Gasteiger partial charge in [-0.2, -0.15) is 0 Å². The number of rotatable bonds is 1. The van der Waals surface area contributed by atoms with Crippen LogP contribution in [0.4, 0.5) is 0 Å². The molecule has 0 saturated carbocycles. The van der Waals surface area contributed by atoms with Crippen molar-refractivity contribution in [2.24, 2.45) is 5.16 Å². The molecule has 0 saturated heterocycles. The van der Waals surface area contributed by atoms with Gasteiger partial charge in [0.25, 0.3) is 0 Å². The molecule has 34 valence electrons. The van der Waals surface area contributed by atoms with Crippen LogP contribution in [-0.2, 0) is 0 Å². The van der Waals surface area contributed by atoms with Crippen molar-refractivity contribution in [1.82, 2.24) is 0 Å².